The van der Waals surface area contributed by atoms with Crippen LogP contribution in [0.25, 0.3) is 0 Å². The summed E-state index contributed by atoms with van der Waals surface area (Å²) in [6, 6.07) is 22.4. The first-order valence-corrected chi connectivity index (χ1v) is 13.3. The normalized spacial score (nSPS) is 11.1. The number of benzene rings is 3. The SMILES string of the molecule is CCc1ccc(OCCNC(=O)c2ccc(CN(c3ccc(CC)cc3)S(C)(=O)=O)cc2)cc1. The molecule has 0 fully saturated rings. The zero-order valence-corrected chi connectivity index (χ0v) is 20.8. The summed E-state index contributed by atoms with van der Waals surface area (Å²) in [4.78, 5) is 12.4. The number of anilines is 1. The molecule has 7 heteroatoms. The Morgan fingerprint density at radius 3 is 1.88 bits per heavy atom. The van der Waals surface area contributed by atoms with Crippen LogP contribution in [0.1, 0.15) is 40.9 Å². The molecule has 6 nitrogen and oxygen atoms in total. The van der Waals surface area contributed by atoms with Gasteiger partial charge in [0.1, 0.15) is 12.4 Å². The fraction of sp³-hybridized carbons (Fsp3) is 0.296. The molecular weight excluding hydrogens is 448 g/mol. The van der Waals surface area contributed by atoms with Crippen LogP contribution in [0.5, 0.6) is 5.75 Å². The van der Waals surface area contributed by atoms with E-state index in [-0.39, 0.29) is 12.5 Å². The van der Waals surface area contributed by atoms with E-state index in [0.29, 0.717) is 24.4 Å². The molecule has 3 aromatic carbocycles. The van der Waals surface area contributed by atoms with Gasteiger partial charge in [-0.1, -0.05) is 50.2 Å². The number of ether oxygens (including phenoxy) is 1. The van der Waals surface area contributed by atoms with E-state index in [1.807, 2.05) is 48.5 Å². The van der Waals surface area contributed by atoms with E-state index >= 15 is 0 Å². The van der Waals surface area contributed by atoms with E-state index in [1.165, 1.54) is 16.1 Å². The van der Waals surface area contributed by atoms with Crippen molar-refractivity contribution in [2.45, 2.75) is 33.2 Å². The summed E-state index contributed by atoms with van der Waals surface area (Å²) in [6.07, 6.45) is 3.07. The Balaban J connectivity index is 1.55. The zero-order chi connectivity index (χ0) is 24.6. The number of rotatable bonds is 11. The first-order chi connectivity index (χ1) is 16.3. The average Bonchev–Trinajstić information content (AvgIpc) is 2.85. The molecule has 0 aliphatic rings. The lowest BCUT2D eigenvalue weighted by Gasteiger charge is -2.23. The molecule has 0 aliphatic carbocycles. The van der Waals surface area contributed by atoms with E-state index in [9.17, 15) is 13.2 Å². The molecule has 0 bridgehead atoms. The van der Waals surface area contributed by atoms with Gasteiger partial charge in [0.25, 0.3) is 5.91 Å². The number of sulfonamides is 1. The Morgan fingerprint density at radius 2 is 1.35 bits per heavy atom. The van der Waals surface area contributed by atoms with Crippen LogP contribution >= 0.6 is 0 Å². The molecule has 0 unspecified atom stereocenters. The third-order valence-corrected chi connectivity index (χ3v) is 6.70. The molecule has 0 spiro atoms. The van der Waals surface area contributed by atoms with E-state index < -0.39 is 10.0 Å². The smallest absolute Gasteiger partial charge is 0.251 e. The van der Waals surface area contributed by atoms with Crippen LogP contribution in [0.2, 0.25) is 0 Å². The van der Waals surface area contributed by atoms with Crippen LogP contribution < -0.4 is 14.4 Å². The third-order valence-electron chi connectivity index (χ3n) is 5.56. The third kappa shape index (κ3) is 7.09. The van der Waals surface area contributed by atoms with Crippen LogP contribution in [-0.4, -0.2) is 33.7 Å². The fourth-order valence-corrected chi connectivity index (χ4v) is 4.37. The van der Waals surface area contributed by atoms with Gasteiger partial charge in [0, 0.05) is 5.56 Å². The first kappa shape index (κ1) is 25.3. The highest BCUT2D eigenvalue weighted by molar-refractivity contribution is 7.92. The molecule has 0 atom stereocenters. The van der Waals surface area contributed by atoms with Gasteiger partial charge in [-0.2, -0.15) is 0 Å². The van der Waals surface area contributed by atoms with Gasteiger partial charge in [-0.15, -0.1) is 0 Å². The summed E-state index contributed by atoms with van der Waals surface area (Å²) in [7, 11) is -3.46. The summed E-state index contributed by atoms with van der Waals surface area (Å²) in [5, 5.41) is 2.84. The quantitative estimate of drug-likeness (QED) is 0.408. The summed E-state index contributed by atoms with van der Waals surface area (Å²) in [5.41, 5.74) is 4.31. The minimum Gasteiger partial charge on any atom is -0.492 e. The molecule has 180 valence electrons. The van der Waals surface area contributed by atoms with E-state index in [1.54, 1.807) is 24.3 Å². The largest absolute Gasteiger partial charge is 0.492 e. The summed E-state index contributed by atoms with van der Waals surface area (Å²) >= 11 is 0. The second kappa shape index (κ2) is 11.7. The number of hydrogen-bond donors (Lipinski definition) is 1. The number of nitrogens with zero attached hydrogens (tertiary/aromatic N) is 1. The standard InChI is InChI=1S/C27H32N2O4S/c1-4-21-8-14-25(15-9-21)29(34(3,31)32)20-23-6-12-24(13-7-23)27(30)28-18-19-33-26-16-10-22(5-2)11-17-26/h6-17H,4-5,18-20H2,1-3H3,(H,28,30). The predicted octanol–water partition coefficient (Wildman–Crippen LogP) is 4.59. The minimum absolute atomic E-state index is 0.191. The maximum Gasteiger partial charge on any atom is 0.251 e. The van der Waals surface area contributed by atoms with Crippen LogP contribution in [0, 0.1) is 0 Å². The van der Waals surface area contributed by atoms with E-state index in [0.717, 1.165) is 29.7 Å². The molecule has 0 saturated carbocycles. The maximum absolute atomic E-state index is 12.4. The number of amides is 1. The topological polar surface area (TPSA) is 75.7 Å². The Hall–Kier alpha value is -3.32. The monoisotopic (exact) mass is 480 g/mol. The molecule has 34 heavy (non-hydrogen) atoms. The van der Waals surface area contributed by atoms with Crippen molar-refractivity contribution in [1.82, 2.24) is 5.32 Å². The lowest BCUT2D eigenvalue weighted by atomic mass is 10.1. The Morgan fingerprint density at radius 1 is 0.824 bits per heavy atom. The van der Waals surface area contributed by atoms with Crippen LogP contribution in [0.15, 0.2) is 72.8 Å². The van der Waals surface area contributed by atoms with Crippen LogP contribution in [0.4, 0.5) is 5.69 Å². The Bertz CT molecular complexity index is 1170. The summed E-state index contributed by atoms with van der Waals surface area (Å²) in [6.45, 7) is 5.10. The van der Waals surface area contributed by atoms with Crippen molar-refractivity contribution < 1.29 is 17.9 Å². The highest BCUT2D eigenvalue weighted by atomic mass is 32.2. The Labute approximate surface area is 202 Å². The molecule has 0 radical (unpaired) electrons. The Kier molecular flexibility index (Phi) is 8.71. The van der Waals surface area contributed by atoms with Gasteiger partial charge in [-0.05, 0) is 65.9 Å². The van der Waals surface area contributed by atoms with Gasteiger partial charge in [0.15, 0.2) is 0 Å². The van der Waals surface area contributed by atoms with Crippen molar-refractivity contribution >= 4 is 21.6 Å². The maximum atomic E-state index is 12.4. The molecule has 1 amide bonds. The second-order valence-electron chi connectivity index (χ2n) is 8.09. The summed E-state index contributed by atoms with van der Waals surface area (Å²) < 4.78 is 31.8. The van der Waals surface area contributed by atoms with Gasteiger partial charge < -0.3 is 10.1 Å². The van der Waals surface area contributed by atoms with Crippen LogP contribution in [0.3, 0.4) is 0 Å². The van der Waals surface area contributed by atoms with E-state index in [2.05, 4.69) is 19.2 Å². The molecule has 0 saturated heterocycles. The van der Waals surface area contributed by atoms with Crippen molar-refractivity contribution in [1.29, 1.82) is 0 Å². The highest BCUT2D eigenvalue weighted by Crippen LogP contribution is 2.22. The van der Waals surface area contributed by atoms with Gasteiger partial charge in [0.05, 0.1) is 25.0 Å². The van der Waals surface area contributed by atoms with E-state index in [4.69, 9.17) is 4.74 Å². The minimum atomic E-state index is -3.46. The van der Waals surface area contributed by atoms with Gasteiger partial charge in [-0.3, -0.25) is 9.10 Å². The number of carbonyl (C=O) groups is 1. The lowest BCUT2D eigenvalue weighted by Crippen LogP contribution is -2.29. The zero-order valence-electron chi connectivity index (χ0n) is 20.0. The lowest BCUT2D eigenvalue weighted by molar-refractivity contribution is 0.0947. The van der Waals surface area contributed by atoms with Crippen molar-refractivity contribution in [3.8, 4) is 5.75 Å². The number of aryl methyl sites for hydroxylation is 2. The second-order valence-corrected chi connectivity index (χ2v) is 10.00. The van der Waals surface area contributed by atoms with Gasteiger partial charge in [0.2, 0.25) is 10.0 Å². The molecule has 3 rings (SSSR count). The van der Waals surface area contributed by atoms with Crippen molar-refractivity contribution in [2.75, 3.05) is 23.7 Å². The fourth-order valence-electron chi connectivity index (χ4n) is 3.48. The van der Waals surface area contributed by atoms with Gasteiger partial charge >= 0.3 is 0 Å². The molecule has 0 aromatic heterocycles. The highest BCUT2D eigenvalue weighted by Gasteiger charge is 2.18. The number of hydrogen-bond acceptors (Lipinski definition) is 4. The molecule has 3 aromatic rings. The van der Waals surface area contributed by atoms with Crippen molar-refractivity contribution in [3.05, 3.63) is 95.1 Å². The molecular formula is C27H32N2O4S. The van der Waals surface area contributed by atoms with Crippen molar-refractivity contribution in [3.63, 3.8) is 0 Å². The average molecular weight is 481 g/mol. The van der Waals surface area contributed by atoms with Crippen LogP contribution in [-0.2, 0) is 29.4 Å². The number of nitrogens with one attached hydrogen (secondary N) is 1. The number of carbonyl (C=O) groups excluding carboxylic acids is 1. The predicted molar refractivity (Wildman–Crippen MR) is 137 cm³/mol. The van der Waals surface area contributed by atoms with Gasteiger partial charge in [-0.25, -0.2) is 8.42 Å². The molecule has 1 N–H and O–H groups in total. The first-order valence-electron chi connectivity index (χ1n) is 11.5. The van der Waals surface area contributed by atoms with Crippen molar-refractivity contribution in [2.24, 2.45) is 0 Å². The molecule has 0 aliphatic heterocycles. The summed E-state index contributed by atoms with van der Waals surface area (Å²) in [5.74, 6) is 0.571. The molecule has 0 heterocycles.